The number of nitriles is 2. The second kappa shape index (κ2) is 7.72. The number of nitrogens with one attached hydrogen (secondary N) is 1. The van der Waals surface area contributed by atoms with E-state index in [9.17, 15) is 0 Å². The fourth-order valence-corrected chi connectivity index (χ4v) is 2.38. The van der Waals surface area contributed by atoms with Crippen LogP contribution in [0.1, 0.15) is 37.5 Å². The van der Waals surface area contributed by atoms with Crippen molar-refractivity contribution in [3.8, 4) is 12.1 Å². The SMILES string of the molecule is CCc1nc([C@H]2CN(C[C@@H](C#N)CCC#N)CCO2)n[nH]1. The molecule has 1 aliphatic heterocycles. The normalized spacial score (nSPS) is 20.6. The van der Waals surface area contributed by atoms with E-state index in [0.717, 1.165) is 18.8 Å². The molecule has 21 heavy (non-hydrogen) atoms. The Labute approximate surface area is 124 Å². The number of morpholine rings is 1. The van der Waals surface area contributed by atoms with Crippen LogP contribution in [0.3, 0.4) is 0 Å². The summed E-state index contributed by atoms with van der Waals surface area (Å²) in [6.45, 7) is 4.78. The summed E-state index contributed by atoms with van der Waals surface area (Å²) < 4.78 is 5.73. The number of hydrogen-bond acceptors (Lipinski definition) is 6. The highest BCUT2D eigenvalue weighted by atomic mass is 16.5. The van der Waals surface area contributed by atoms with Gasteiger partial charge in [-0.3, -0.25) is 10.00 Å². The van der Waals surface area contributed by atoms with E-state index in [1.54, 1.807) is 0 Å². The summed E-state index contributed by atoms with van der Waals surface area (Å²) >= 11 is 0. The molecule has 0 unspecified atom stereocenters. The number of aromatic amines is 1. The number of ether oxygens (including phenoxy) is 1. The monoisotopic (exact) mass is 288 g/mol. The van der Waals surface area contributed by atoms with Gasteiger partial charge in [-0.1, -0.05) is 6.92 Å². The van der Waals surface area contributed by atoms with Crippen LogP contribution in [-0.4, -0.2) is 46.3 Å². The summed E-state index contributed by atoms with van der Waals surface area (Å²) in [4.78, 5) is 6.61. The van der Waals surface area contributed by atoms with Crippen molar-refractivity contribution in [3.63, 3.8) is 0 Å². The molecule has 0 aromatic carbocycles. The Morgan fingerprint density at radius 2 is 2.38 bits per heavy atom. The van der Waals surface area contributed by atoms with E-state index in [0.29, 0.717) is 38.4 Å². The molecule has 1 aliphatic rings. The highest BCUT2D eigenvalue weighted by molar-refractivity contribution is 4.97. The summed E-state index contributed by atoms with van der Waals surface area (Å²) in [6, 6.07) is 4.38. The molecule has 112 valence electrons. The number of nitrogens with zero attached hydrogens (tertiary/aromatic N) is 5. The molecule has 2 rings (SSSR count). The molecule has 0 radical (unpaired) electrons. The van der Waals surface area contributed by atoms with Crippen LogP contribution >= 0.6 is 0 Å². The first-order valence-electron chi connectivity index (χ1n) is 7.28. The van der Waals surface area contributed by atoms with Gasteiger partial charge in [0.05, 0.1) is 24.7 Å². The van der Waals surface area contributed by atoms with E-state index in [1.165, 1.54) is 0 Å². The van der Waals surface area contributed by atoms with Crippen molar-refractivity contribution >= 4 is 0 Å². The van der Waals surface area contributed by atoms with Crippen LogP contribution in [0, 0.1) is 28.6 Å². The van der Waals surface area contributed by atoms with Gasteiger partial charge in [-0.2, -0.15) is 15.6 Å². The lowest BCUT2D eigenvalue weighted by atomic mass is 10.0. The number of aryl methyl sites for hydroxylation is 1. The first-order valence-corrected chi connectivity index (χ1v) is 7.28. The zero-order valence-electron chi connectivity index (χ0n) is 12.2. The van der Waals surface area contributed by atoms with E-state index in [1.807, 2.05) is 6.92 Å². The Bertz CT molecular complexity index is 528. The Morgan fingerprint density at radius 3 is 3.05 bits per heavy atom. The Balaban J connectivity index is 1.91. The zero-order valence-corrected chi connectivity index (χ0v) is 12.2. The summed E-state index contributed by atoms with van der Waals surface area (Å²) in [5.41, 5.74) is 0. The van der Waals surface area contributed by atoms with Crippen molar-refractivity contribution in [1.29, 1.82) is 10.5 Å². The molecular weight excluding hydrogens is 268 g/mol. The predicted octanol–water partition coefficient (Wildman–Crippen LogP) is 1.18. The Kier molecular flexibility index (Phi) is 5.68. The Morgan fingerprint density at radius 1 is 1.52 bits per heavy atom. The van der Waals surface area contributed by atoms with Gasteiger partial charge in [-0.15, -0.1) is 0 Å². The van der Waals surface area contributed by atoms with E-state index < -0.39 is 0 Å². The lowest BCUT2D eigenvalue weighted by molar-refractivity contribution is -0.0369. The lowest BCUT2D eigenvalue weighted by Gasteiger charge is -2.32. The molecule has 2 atom stereocenters. The zero-order chi connectivity index (χ0) is 15.1. The van der Waals surface area contributed by atoms with Crippen molar-refractivity contribution in [3.05, 3.63) is 11.6 Å². The van der Waals surface area contributed by atoms with Gasteiger partial charge in [-0.05, 0) is 6.42 Å². The quantitative estimate of drug-likeness (QED) is 0.843. The van der Waals surface area contributed by atoms with Crippen LogP contribution in [0.15, 0.2) is 0 Å². The third kappa shape index (κ3) is 4.25. The molecule has 0 bridgehead atoms. The number of aromatic nitrogens is 3. The van der Waals surface area contributed by atoms with Gasteiger partial charge in [-0.25, -0.2) is 4.98 Å². The number of hydrogen-bond donors (Lipinski definition) is 1. The largest absolute Gasteiger partial charge is 0.367 e. The molecule has 2 heterocycles. The van der Waals surface area contributed by atoms with Gasteiger partial charge in [0.2, 0.25) is 0 Å². The van der Waals surface area contributed by atoms with Crippen LogP contribution < -0.4 is 0 Å². The highest BCUT2D eigenvalue weighted by Crippen LogP contribution is 2.20. The van der Waals surface area contributed by atoms with Gasteiger partial charge in [0.25, 0.3) is 0 Å². The average molecular weight is 288 g/mol. The molecule has 0 spiro atoms. The minimum absolute atomic E-state index is 0.109. The molecule has 0 aliphatic carbocycles. The molecule has 1 saturated heterocycles. The number of rotatable bonds is 6. The van der Waals surface area contributed by atoms with Crippen molar-refractivity contribution in [2.75, 3.05) is 26.2 Å². The summed E-state index contributed by atoms with van der Waals surface area (Å²) in [5, 5.41) is 24.9. The minimum Gasteiger partial charge on any atom is -0.367 e. The minimum atomic E-state index is -0.148. The van der Waals surface area contributed by atoms with Gasteiger partial charge in [0.15, 0.2) is 5.82 Å². The molecule has 1 fully saturated rings. The molecule has 7 nitrogen and oxygen atoms in total. The van der Waals surface area contributed by atoms with Crippen molar-refractivity contribution in [1.82, 2.24) is 20.1 Å². The van der Waals surface area contributed by atoms with Gasteiger partial charge >= 0.3 is 0 Å². The molecule has 1 N–H and O–H groups in total. The average Bonchev–Trinajstić information content (AvgIpc) is 3.01. The third-order valence-corrected chi connectivity index (χ3v) is 3.59. The molecule has 1 aromatic rings. The first kappa shape index (κ1) is 15.4. The maximum absolute atomic E-state index is 9.15. The van der Waals surface area contributed by atoms with Crippen molar-refractivity contribution in [2.24, 2.45) is 5.92 Å². The first-order chi connectivity index (χ1) is 10.3. The van der Waals surface area contributed by atoms with Gasteiger partial charge in [0.1, 0.15) is 11.9 Å². The maximum Gasteiger partial charge on any atom is 0.180 e. The van der Waals surface area contributed by atoms with Crippen LogP contribution in [-0.2, 0) is 11.2 Å². The van der Waals surface area contributed by atoms with E-state index in [-0.39, 0.29) is 12.0 Å². The van der Waals surface area contributed by atoms with Crippen LogP contribution in [0.4, 0.5) is 0 Å². The second-order valence-corrected chi connectivity index (χ2v) is 5.14. The van der Waals surface area contributed by atoms with Crippen molar-refractivity contribution < 1.29 is 4.74 Å². The third-order valence-electron chi connectivity index (χ3n) is 3.59. The topological polar surface area (TPSA) is 102 Å². The number of H-pyrrole nitrogens is 1. The standard InChI is InChI=1S/C14H20N6O/c1-2-13-17-14(19-18-13)12-10-20(6-7-21-12)9-11(8-16)4-3-5-15/h11-12H,2-4,6-7,9-10H2,1H3,(H,17,18,19)/t11-,12-/m1/s1. The molecule has 1 aromatic heterocycles. The van der Waals surface area contributed by atoms with E-state index >= 15 is 0 Å². The van der Waals surface area contributed by atoms with Gasteiger partial charge < -0.3 is 4.74 Å². The van der Waals surface area contributed by atoms with Crippen LogP contribution in [0.2, 0.25) is 0 Å². The lowest BCUT2D eigenvalue weighted by Crippen LogP contribution is -2.41. The molecular formula is C14H20N6O. The molecule has 0 amide bonds. The molecule has 0 saturated carbocycles. The highest BCUT2D eigenvalue weighted by Gasteiger charge is 2.26. The fourth-order valence-electron chi connectivity index (χ4n) is 2.38. The molecule has 7 heteroatoms. The van der Waals surface area contributed by atoms with Crippen molar-refractivity contribution in [2.45, 2.75) is 32.3 Å². The summed E-state index contributed by atoms with van der Waals surface area (Å²) in [6.07, 6.45) is 1.71. The van der Waals surface area contributed by atoms with E-state index in [2.05, 4.69) is 32.2 Å². The predicted molar refractivity (Wildman–Crippen MR) is 74.8 cm³/mol. The summed E-state index contributed by atoms with van der Waals surface area (Å²) in [5.74, 6) is 1.43. The van der Waals surface area contributed by atoms with Gasteiger partial charge in [0, 0.05) is 32.5 Å². The van der Waals surface area contributed by atoms with E-state index in [4.69, 9.17) is 15.3 Å². The second-order valence-electron chi connectivity index (χ2n) is 5.14. The summed E-state index contributed by atoms with van der Waals surface area (Å²) in [7, 11) is 0. The maximum atomic E-state index is 9.15. The van der Waals surface area contributed by atoms with Crippen LogP contribution in [0.5, 0.6) is 0 Å². The fraction of sp³-hybridized carbons (Fsp3) is 0.714. The van der Waals surface area contributed by atoms with Crippen LogP contribution in [0.25, 0.3) is 0 Å². The smallest absolute Gasteiger partial charge is 0.180 e. The Hall–Kier alpha value is -1.96.